The third-order valence-electron chi connectivity index (χ3n) is 3.99. The van der Waals surface area contributed by atoms with E-state index in [4.69, 9.17) is 5.73 Å². The molecule has 0 aliphatic heterocycles. The van der Waals surface area contributed by atoms with Crippen molar-refractivity contribution in [3.05, 3.63) is 47.5 Å². The summed E-state index contributed by atoms with van der Waals surface area (Å²) in [6, 6.07) is 5.98. The van der Waals surface area contributed by atoms with Gasteiger partial charge in [-0.25, -0.2) is 4.98 Å². The number of fused-ring (bicyclic) bond motifs is 3. The molecule has 1 aliphatic rings. The Hall–Kier alpha value is -3.20. The second-order valence-corrected chi connectivity index (χ2v) is 5.19. The zero-order valence-electron chi connectivity index (χ0n) is 11.7. The van der Waals surface area contributed by atoms with E-state index in [0.717, 1.165) is 46.5 Å². The van der Waals surface area contributed by atoms with Crippen LogP contribution in [0.25, 0.3) is 22.4 Å². The lowest BCUT2D eigenvalue weighted by Gasteiger charge is -2.20. The van der Waals surface area contributed by atoms with E-state index < -0.39 is 0 Å². The quantitative estimate of drug-likeness (QED) is 0.713. The van der Waals surface area contributed by atoms with E-state index in [2.05, 4.69) is 26.2 Å². The van der Waals surface area contributed by atoms with Crippen LogP contribution in [0, 0.1) is 11.3 Å². The maximum Gasteiger partial charge on any atom is 0.142 e. The van der Waals surface area contributed by atoms with Gasteiger partial charge in [0.1, 0.15) is 17.5 Å². The van der Waals surface area contributed by atoms with E-state index in [1.165, 1.54) is 0 Å². The molecule has 3 aromatic heterocycles. The highest BCUT2D eigenvalue weighted by molar-refractivity contribution is 5.85. The van der Waals surface area contributed by atoms with Crippen molar-refractivity contribution in [2.24, 2.45) is 0 Å². The molecule has 4 rings (SSSR count). The first-order valence-electron chi connectivity index (χ1n) is 6.95. The van der Waals surface area contributed by atoms with Crippen LogP contribution in [-0.4, -0.2) is 20.2 Å². The Kier molecular flexibility index (Phi) is 2.66. The fraction of sp³-hybridized carbons (Fsp3) is 0.125. The minimum Gasteiger partial charge on any atom is -0.383 e. The average molecular weight is 288 g/mol. The molecule has 3 heterocycles. The molecule has 6 heteroatoms. The highest BCUT2D eigenvalue weighted by Gasteiger charge is 2.26. The maximum atomic E-state index is 9.51. The number of nitrogens with two attached hydrogens (primary N) is 1. The lowest BCUT2D eigenvalue weighted by atomic mass is 9.86. The van der Waals surface area contributed by atoms with Gasteiger partial charge in [-0.1, -0.05) is 6.07 Å². The summed E-state index contributed by atoms with van der Waals surface area (Å²) in [5.41, 5.74) is 12.0. The number of aromatic nitrogens is 4. The number of rotatable bonds is 1. The van der Waals surface area contributed by atoms with Crippen molar-refractivity contribution in [3.63, 3.8) is 0 Å². The number of hydrogen-bond donors (Lipinski definition) is 2. The number of nitrogen functional groups attached to an aromatic ring is 1. The largest absolute Gasteiger partial charge is 0.383 e. The molecule has 0 spiro atoms. The second-order valence-electron chi connectivity index (χ2n) is 5.19. The minimum atomic E-state index is 0.245. The van der Waals surface area contributed by atoms with Crippen molar-refractivity contribution in [2.45, 2.75) is 12.8 Å². The molecule has 0 fully saturated rings. The number of aryl methyl sites for hydroxylation is 1. The first-order chi connectivity index (χ1) is 10.8. The van der Waals surface area contributed by atoms with Gasteiger partial charge in [0.05, 0.1) is 11.9 Å². The van der Waals surface area contributed by atoms with Crippen molar-refractivity contribution in [3.8, 4) is 28.5 Å². The number of hydrogen-bond acceptors (Lipinski definition) is 5. The maximum absolute atomic E-state index is 9.51. The van der Waals surface area contributed by atoms with Crippen LogP contribution in [0.2, 0.25) is 0 Å². The molecule has 0 saturated carbocycles. The molecule has 0 atom stereocenters. The highest BCUT2D eigenvalue weighted by atomic mass is 15.1. The van der Waals surface area contributed by atoms with Crippen molar-refractivity contribution >= 4 is 5.82 Å². The van der Waals surface area contributed by atoms with Gasteiger partial charge in [-0.15, -0.1) is 0 Å². The van der Waals surface area contributed by atoms with Gasteiger partial charge in [0, 0.05) is 34.8 Å². The Morgan fingerprint density at radius 1 is 1.27 bits per heavy atom. The van der Waals surface area contributed by atoms with Crippen LogP contribution in [0.1, 0.15) is 16.8 Å². The summed E-state index contributed by atoms with van der Waals surface area (Å²) in [5.74, 6) is 0.245. The highest BCUT2D eigenvalue weighted by Crippen LogP contribution is 2.40. The summed E-state index contributed by atoms with van der Waals surface area (Å²) in [4.78, 5) is 8.62. The monoisotopic (exact) mass is 288 g/mol. The molecule has 0 bridgehead atoms. The number of anilines is 1. The molecule has 0 unspecified atom stereocenters. The Balaban J connectivity index is 2.09. The van der Waals surface area contributed by atoms with Crippen LogP contribution in [0.15, 0.2) is 30.7 Å². The normalized spacial score (nSPS) is 12.3. The van der Waals surface area contributed by atoms with E-state index in [1.54, 1.807) is 18.6 Å². The number of nitrogens with zero attached hydrogens (tertiary/aromatic N) is 4. The predicted molar refractivity (Wildman–Crippen MR) is 81.6 cm³/mol. The Labute approximate surface area is 126 Å². The summed E-state index contributed by atoms with van der Waals surface area (Å²) >= 11 is 0. The first-order valence-corrected chi connectivity index (χ1v) is 6.95. The zero-order chi connectivity index (χ0) is 15.1. The fourth-order valence-corrected chi connectivity index (χ4v) is 3.01. The third-order valence-corrected chi connectivity index (χ3v) is 3.99. The molecule has 22 heavy (non-hydrogen) atoms. The number of aromatic amines is 1. The van der Waals surface area contributed by atoms with Gasteiger partial charge in [-0.2, -0.15) is 10.4 Å². The van der Waals surface area contributed by atoms with Gasteiger partial charge in [-0.3, -0.25) is 10.1 Å². The predicted octanol–water partition coefficient (Wildman–Crippen LogP) is 2.09. The van der Waals surface area contributed by atoms with E-state index in [9.17, 15) is 5.26 Å². The molecule has 0 aromatic carbocycles. The van der Waals surface area contributed by atoms with Crippen LogP contribution < -0.4 is 5.73 Å². The van der Waals surface area contributed by atoms with Crippen LogP contribution >= 0.6 is 0 Å². The number of H-pyrrole nitrogens is 1. The van der Waals surface area contributed by atoms with Crippen molar-refractivity contribution < 1.29 is 0 Å². The SMILES string of the molecule is N#Cc1c(N)nc2c(c1-c1cccnc1)CCc1[nH]ncc1-2. The fourth-order valence-electron chi connectivity index (χ4n) is 3.01. The molecular weight excluding hydrogens is 276 g/mol. The van der Waals surface area contributed by atoms with Crippen molar-refractivity contribution in [2.75, 3.05) is 5.73 Å². The molecule has 0 amide bonds. The van der Waals surface area contributed by atoms with Gasteiger partial charge in [-0.05, 0) is 24.5 Å². The third kappa shape index (κ3) is 1.69. The Morgan fingerprint density at radius 2 is 2.18 bits per heavy atom. The van der Waals surface area contributed by atoms with E-state index in [-0.39, 0.29) is 5.82 Å². The summed E-state index contributed by atoms with van der Waals surface area (Å²) in [7, 11) is 0. The zero-order valence-corrected chi connectivity index (χ0v) is 11.7. The average Bonchev–Trinajstić information content (AvgIpc) is 3.03. The Bertz CT molecular complexity index is 904. The van der Waals surface area contributed by atoms with E-state index in [0.29, 0.717) is 5.56 Å². The summed E-state index contributed by atoms with van der Waals surface area (Å²) in [5, 5.41) is 16.6. The summed E-state index contributed by atoms with van der Waals surface area (Å²) in [6.07, 6.45) is 6.85. The van der Waals surface area contributed by atoms with Gasteiger partial charge < -0.3 is 5.73 Å². The number of nitriles is 1. The van der Waals surface area contributed by atoms with Crippen molar-refractivity contribution in [1.29, 1.82) is 5.26 Å². The molecule has 106 valence electrons. The van der Waals surface area contributed by atoms with Gasteiger partial charge >= 0.3 is 0 Å². The molecule has 0 radical (unpaired) electrons. The van der Waals surface area contributed by atoms with Crippen molar-refractivity contribution in [1.82, 2.24) is 20.2 Å². The minimum absolute atomic E-state index is 0.245. The smallest absolute Gasteiger partial charge is 0.142 e. The van der Waals surface area contributed by atoms with Crippen LogP contribution in [0.4, 0.5) is 5.82 Å². The van der Waals surface area contributed by atoms with Crippen LogP contribution in [0.5, 0.6) is 0 Å². The second kappa shape index (κ2) is 4.67. The van der Waals surface area contributed by atoms with E-state index >= 15 is 0 Å². The molecule has 3 N–H and O–H groups in total. The molecule has 3 aromatic rings. The molecular formula is C16H12N6. The standard InChI is InChI=1S/C16H12N6/c17-6-11-14(9-2-1-5-19-7-9)10-3-4-13-12(8-20-22-13)15(10)21-16(11)18/h1-2,5,7-8H,3-4H2,(H2,18,21)(H,20,22). The number of pyridine rings is 2. The van der Waals surface area contributed by atoms with Crippen LogP contribution in [-0.2, 0) is 12.8 Å². The molecule has 0 saturated heterocycles. The molecule has 1 aliphatic carbocycles. The van der Waals surface area contributed by atoms with Gasteiger partial charge in [0.25, 0.3) is 0 Å². The number of nitrogens with one attached hydrogen (secondary N) is 1. The van der Waals surface area contributed by atoms with Gasteiger partial charge in [0.15, 0.2) is 0 Å². The first kappa shape index (κ1) is 12.5. The lowest BCUT2D eigenvalue weighted by Crippen LogP contribution is -2.11. The summed E-state index contributed by atoms with van der Waals surface area (Å²) < 4.78 is 0. The topological polar surface area (TPSA) is 104 Å². The van der Waals surface area contributed by atoms with E-state index in [1.807, 2.05) is 12.1 Å². The van der Waals surface area contributed by atoms with Crippen LogP contribution in [0.3, 0.4) is 0 Å². The summed E-state index contributed by atoms with van der Waals surface area (Å²) in [6.45, 7) is 0. The van der Waals surface area contributed by atoms with Gasteiger partial charge in [0.2, 0.25) is 0 Å². The lowest BCUT2D eigenvalue weighted by molar-refractivity contribution is 0.876. The Morgan fingerprint density at radius 3 is 2.95 bits per heavy atom. The molecule has 6 nitrogen and oxygen atoms in total.